The molecule has 0 unspecified atom stereocenters. The van der Waals surface area contributed by atoms with E-state index < -0.39 is 28.5 Å². The zero-order chi connectivity index (χ0) is 21.2. The van der Waals surface area contributed by atoms with Gasteiger partial charge in [-0.25, -0.2) is 21.6 Å². The molecule has 1 aromatic carbocycles. The lowest BCUT2D eigenvalue weighted by molar-refractivity contribution is 0.154. The number of aromatic nitrogens is 2. The van der Waals surface area contributed by atoms with Crippen LogP contribution in [0, 0.1) is 5.82 Å². The zero-order valence-corrected chi connectivity index (χ0v) is 16.2. The topological polar surface area (TPSA) is 113 Å². The van der Waals surface area contributed by atoms with Gasteiger partial charge in [0.25, 0.3) is 10.0 Å². The molecule has 0 radical (unpaired) electrons. The first-order valence-electron chi connectivity index (χ1n) is 8.45. The van der Waals surface area contributed by atoms with E-state index in [9.17, 15) is 22.7 Å². The van der Waals surface area contributed by atoms with Crippen LogP contribution in [0.5, 0.6) is 0 Å². The van der Waals surface area contributed by atoms with Gasteiger partial charge >= 0.3 is 6.09 Å². The molecule has 0 saturated heterocycles. The van der Waals surface area contributed by atoms with E-state index in [4.69, 9.17) is 5.11 Å². The molecule has 0 aliphatic carbocycles. The second kappa shape index (κ2) is 8.02. The summed E-state index contributed by atoms with van der Waals surface area (Å²) in [6, 6.07) is 8.51. The molecule has 2 N–H and O–H groups in total. The Bertz CT molecular complexity index is 1150. The summed E-state index contributed by atoms with van der Waals surface area (Å²) in [6.07, 6.45) is 2.65. The number of rotatable bonds is 6. The molecule has 3 aromatic rings. The van der Waals surface area contributed by atoms with E-state index in [1.807, 2.05) is 0 Å². The Labute approximate surface area is 166 Å². The largest absolute Gasteiger partial charge is 0.465 e. The zero-order valence-electron chi connectivity index (χ0n) is 15.4. The fourth-order valence-corrected chi connectivity index (χ4v) is 4.19. The number of carboxylic acid groups (broad SMARTS) is 1. The lowest BCUT2D eigenvalue weighted by Crippen LogP contribution is -2.23. The minimum atomic E-state index is -4.13. The summed E-state index contributed by atoms with van der Waals surface area (Å²) in [7, 11) is -2.80. The van der Waals surface area contributed by atoms with Crippen LogP contribution in [0.2, 0.25) is 0 Å². The molecule has 0 fully saturated rings. The molecule has 0 bridgehead atoms. The maximum absolute atomic E-state index is 14.8. The van der Waals surface area contributed by atoms with Crippen molar-refractivity contribution in [3.8, 4) is 11.3 Å². The van der Waals surface area contributed by atoms with Crippen molar-refractivity contribution in [2.45, 2.75) is 18.0 Å². The first-order chi connectivity index (χ1) is 13.8. The second-order valence-electron chi connectivity index (χ2n) is 6.30. The number of halogens is 1. The third kappa shape index (κ3) is 3.98. The van der Waals surface area contributed by atoms with Crippen molar-refractivity contribution in [1.29, 1.82) is 0 Å². The Morgan fingerprint density at radius 2 is 2.03 bits per heavy atom. The van der Waals surface area contributed by atoms with Gasteiger partial charge in [0.2, 0.25) is 0 Å². The van der Waals surface area contributed by atoms with E-state index in [1.165, 1.54) is 62.0 Å². The summed E-state index contributed by atoms with van der Waals surface area (Å²) in [5, 5.41) is 18.4. The molecule has 8 nitrogen and oxygen atoms in total. The Morgan fingerprint density at radius 1 is 1.28 bits per heavy atom. The summed E-state index contributed by atoms with van der Waals surface area (Å²) in [6.45, 7) is -0.649. The molecular weight excluding hydrogens is 401 g/mol. The minimum Gasteiger partial charge on any atom is -0.465 e. The normalized spacial score (nSPS) is 11.4. The summed E-state index contributed by atoms with van der Waals surface area (Å²) in [4.78, 5) is 15.8. The lowest BCUT2D eigenvalue weighted by atomic mass is 10.1. The Balaban J connectivity index is 2.22. The molecule has 0 aliphatic rings. The van der Waals surface area contributed by atoms with E-state index >= 15 is 0 Å². The molecule has 1 amide bonds. The van der Waals surface area contributed by atoms with Crippen molar-refractivity contribution < 1.29 is 27.8 Å². The fraction of sp³-hybridized carbons (Fsp3) is 0.158. The van der Waals surface area contributed by atoms with Gasteiger partial charge in [-0.1, -0.05) is 12.1 Å². The number of aliphatic hydroxyl groups excluding tert-OH is 1. The van der Waals surface area contributed by atoms with Crippen LogP contribution >= 0.6 is 0 Å². The maximum Gasteiger partial charge on any atom is 0.407 e. The number of nitrogens with zero attached hydrogens (tertiary/aromatic N) is 3. The standard InChI is InChI=1S/C19H18FN3O5S/c1-22(19(25)26)10-13-8-17(16-6-2-4-14(12-24)18(16)20)23(11-13)29(27,28)15-5-3-7-21-9-15/h2-9,11,24H,10,12H2,1H3,(H,25,26). The highest BCUT2D eigenvalue weighted by Crippen LogP contribution is 2.30. The highest BCUT2D eigenvalue weighted by Gasteiger charge is 2.24. The summed E-state index contributed by atoms with van der Waals surface area (Å²) < 4.78 is 42.0. The van der Waals surface area contributed by atoms with Gasteiger partial charge in [0.15, 0.2) is 0 Å². The number of amides is 1. The summed E-state index contributed by atoms with van der Waals surface area (Å²) >= 11 is 0. The van der Waals surface area contributed by atoms with Crippen molar-refractivity contribution in [2.75, 3.05) is 7.05 Å². The van der Waals surface area contributed by atoms with Gasteiger partial charge < -0.3 is 15.1 Å². The molecular formula is C19H18FN3O5S. The lowest BCUT2D eigenvalue weighted by Gasteiger charge is -2.12. The quantitative estimate of drug-likeness (QED) is 0.635. The summed E-state index contributed by atoms with van der Waals surface area (Å²) in [5.74, 6) is -0.756. The molecule has 0 aliphatic heterocycles. The second-order valence-corrected chi connectivity index (χ2v) is 8.11. The molecule has 10 heteroatoms. The van der Waals surface area contributed by atoms with Gasteiger partial charge in [0.05, 0.1) is 18.8 Å². The van der Waals surface area contributed by atoms with E-state index in [-0.39, 0.29) is 28.3 Å². The van der Waals surface area contributed by atoms with Gasteiger partial charge in [-0.2, -0.15) is 0 Å². The Kier molecular flexibility index (Phi) is 5.66. The molecule has 0 atom stereocenters. The number of hydrogen-bond donors (Lipinski definition) is 2. The first kappa shape index (κ1) is 20.5. The van der Waals surface area contributed by atoms with Gasteiger partial charge in [-0.15, -0.1) is 0 Å². The van der Waals surface area contributed by atoms with Gasteiger partial charge in [0.1, 0.15) is 10.7 Å². The van der Waals surface area contributed by atoms with Crippen molar-refractivity contribution in [2.24, 2.45) is 0 Å². The van der Waals surface area contributed by atoms with E-state index in [0.717, 1.165) is 8.87 Å². The predicted octanol–water partition coefficient (Wildman–Crippen LogP) is 2.53. The summed E-state index contributed by atoms with van der Waals surface area (Å²) in [5.41, 5.74) is 0.341. The number of hydrogen-bond acceptors (Lipinski definition) is 5. The van der Waals surface area contributed by atoms with Gasteiger partial charge in [-0.3, -0.25) is 4.98 Å². The fourth-order valence-electron chi connectivity index (χ4n) is 2.83. The molecule has 0 saturated carbocycles. The monoisotopic (exact) mass is 419 g/mol. The van der Waals surface area contributed by atoms with E-state index in [0.29, 0.717) is 5.56 Å². The van der Waals surface area contributed by atoms with Crippen LogP contribution in [-0.4, -0.2) is 45.6 Å². The van der Waals surface area contributed by atoms with Crippen molar-refractivity contribution in [3.63, 3.8) is 0 Å². The predicted molar refractivity (Wildman–Crippen MR) is 102 cm³/mol. The van der Waals surface area contributed by atoms with Crippen LogP contribution in [0.4, 0.5) is 9.18 Å². The molecule has 2 heterocycles. The van der Waals surface area contributed by atoms with Gasteiger partial charge in [-0.05, 0) is 29.8 Å². The Hall–Kier alpha value is -3.24. The SMILES string of the molecule is CN(Cc1cc(-c2cccc(CO)c2F)n(S(=O)(=O)c2cccnc2)c1)C(=O)O. The van der Waals surface area contributed by atoms with Crippen molar-refractivity contribution in [3.05, 3.63) is 71.9 Å². The highest BCUT2D eigenvalue weighted by atomic mass is 32.2. The molecule has 0 spiro atoms. The van der Waals surface area contributed by atoms with E-state index in [2.05, 4.69) is 4.98 Å². The van der Waals surface area contributed by atoms with E-state index in [1.54, 1.807) is 0 Å². The average molecular weight is 419 g/mol. The third-order valence-electron chi connectivity index (χ3n) is 4.31. The van der Waals surface area contributed by atoms with Crippen LogP contribution in [0.15, 0.2) is 59.9 Å². The number of aliphatic hydroxyl groups is 1. The smallest absolute Gasteiger partial charge is 0.407 e. The van der Waals surface area contributed by atoms with Crippen LogP contribution in [0.3, 0.4) is 0 Å². The number of benzene rings is 1. The molecule has 152 valence electrons. The number of pyridine rings is 1. The minimum absolute atomic E-state index is 0.00967. The Morgan fingerprint density at radius 3 is 2.66 bits per heavy atom. The van der Waals surface area contributed by atoms with Crippen LogP contribution in [0.1, 0.15) is 11.1 Å². The first-order valence-corrected chi connectivity index (χ1v) is 9.89. The van der Waals surface area contributed by atoms with Crippen molar-refractivity contribution >= 4 is 16.1 Å². The van der Waals surface area contributed by atoms with Crippen LogP contribution in [0.25, 0.3) is 11.3 Å². The maximum atomic E-state index is 14.8. The van der Waals surface area contributed by atoms with Gasteiger partial charge in [0, 0.05) is 36.8 Å². The van der Waals surface area contributed by atoms with Crippen LogP contribution in [-0.2, 0) is 23.2 Å². The van der Waals surface area contributed by atoms with Crippen LogP contribution < -0.4 is 0 Å². The molecule has 29 heavy (non-hydrogen) atoms. The highest BCUT2D eigenvalue weighted by molar-refractivity contribution is 7.90. The molecule has 2 aromatic heterocycles. The average Bonchev–Trinajstić information content (AvgIpc) is 3.13. The van der Waals surface area contributed by atoms with Crippen molar-refractivity contribution in [1.82, 2.24) is 13.9 Å². The molecule has 3 rings (SSSR count). The third-order valence-corrected chi connectivity index (χ3v) is 5.96. The number of carbonyl (C=O) groups is 1.